The van der Waals surface area contributed by atoms with E-state index in [2.05, 4.69) is 25.5 Å². The van der Waals surface area contributed by atoms with Gasteiger partial charge in [-0.2, -0.15) is 0 Å². The van der Waals surface area contributed by atoms with Crippen LogP contribution >= 0.6 is 0 Å². The van der Waals surface area contributed by atoms with Crippen molar-refractivity contribution in [3.63, 3.8) is 0 Å². The Morgan fingerprint density at radius 1 is 1.06 bits per heavy atom. The van der Waals surface area contributed by atoms with Gasteiger partial charge in [-0.25, -0.2) is 18.7 Å². The number of hydrogen-bond acceptors (Lipinski definition) is 6. The summed E-state index contributed by atoms with van der Waals surface area (Å²) in [4.78, 5) is 22.9. The number of rotatable bonds is 9. The summed E-state index contributed by atoms with van der Waals surface area (Å²) in [6, 6.07) is 10.7. The molecule has 0 spiro atoms. The molecular weight excluding hydrogens is 440 g/mol. The number of carbonyl (C=O) groups is 1. The van der Waals surface area contributed by atoms with Gasteiger partial charge in [0.15, 0.2) is 5.82 Å². The van der Waals surface area contributed by atoms with Gasteiger partial charge in [0.2, 0.25) is 5.91 Å². The minimum atomic E-state index is -0.472. The molecule has 178 valence electrons. The molecule has 34 heavy (non-hydrogen) atoms. The highest BCUT2D eigenvalue weighted by molar-refractivity contribution is 5.78. The number of hydrogen-bond donors (Lipinski definition) is 2. The zero-order chi connectivity index (χ0) is 23.8. The first-order valence-electron chi connectivity index (χ1n) is 11.2. The maximum absolute atomic E-state index is 14.6. The van der Waals surface area contributed by atoms with Crippen molar-refractivity contribution in [2.75, 3.05) is 39.3 Å². The van der Waals surface area contributed by atoms with Crippen LogP contribution < -0.4 is 15.4 Å². The molecule has 2 heterocycles. The normalized spacial score (nSPS) is 14.1. The first-order valence-corrected chi connectivity index (χ1v) is 11.2. The third-order valence-electron chi connectivity index (χ3n) is 5.52. The number of nitrogens with zero attached hydrogens (tertiary/aromatic N) is 3. The minimum absolute atomic E-state index is 0.0674. The topological polar surface area (TPSA) is 79.4 Å². The smallest absolute Gasteiger partial charge is 0.224 e. The lowest BCUT2D eigenvalue weighted by Gasteiger charge is -2.26. The van der Waals surface area contributed by atoms with Crippen molar-refractivity contribution in [3.8, 4) is 17.1 Å². The zero-order valence-electron chi connectivity index (χ0n) is 18.8. The Labute approximate surface area is 197 Å². The van der Waals surface area contributed by atoms with Gasteiger partial charge in [-0.1, -0.05) is 12.1 Å². The Morgan fingerprint density at radius 2 is 1.85 bits per heavy atom. The standard InChI is InChI=1S/C25H27F2N5O2/c26-20-3-1-2-18(12-20)15-29-24(33)13-19-16-30-25(31-17-19)22-5-4-21(14-23(22)27)34-11-10-32-8-6-28-7-9-32/h1-5,12,14,16-17,28H,6-11,13,15H2,(H,29,33). The summed E-state index contributed by atoms with van der Waals surface area (Å²) in [5.74, 6) is -0.371. The van der Waals surface area contributed by atoms with E-state index in [1.807, 2.05) is 0 Å². The molecule has 9 heteroatoms. The average molecular weight is 468 g/mol. The molecule has 0 aliphatic carbocycles. The summed E-state index contributed by atoms with van der Waals surface area (Å²) in [6.07, 6.45) is 3.07. The van der Waals surface area contributed by atoms with Gasteiger partial charge >= 0.3 is 0 Å². The van der Waals surface area contributed by atoms with Crippen LogP contribution in [0.1, 0.15) is 11.1 Å². The first-order chi connectivity index (χ1) is 16.6. The summed E-state index contributed by atoms with van der Waals surface area (Å²) in [6.45, 7) is 5.43. The number of carbonyl (C=O) groups excluding carboxylic acids is 1. The van der Waals surface area contributed by atoms with E-state index in [0.717, 1.165) is 32.7 Å². The molecular formula is C25H27F2N5O2. The Balaban J connectivity index is 1.28. The monoisotopic (exact) mass is 467 g/mol. The number of halogens is 2. The SMILES string of the molecule is O=C(Cc1cnc(-c2ccc(OCCN3CCNCC3)cc2F)nc1)NCc1cccc(F)c1. The fourth-order valence-electron chi connectivity index (χ4n) is 3.67. The lowest BCUT2D eigenvalue weighted by Crippen LogP contribution is -2.44. The number of aromatic nitrogens is 2. The van der Waals surface area contributed by atoms with Gasteiger partial charge in [-0.3, -0.25) is 9.69 Å². The lowest BCUT2D eigenvalue weighted by molar-refractivity contribution is -0.120. The molecule has 0 radical (unpaired) electrons. The van der Waals surface area contributed by atoms with E-state index in [0.29, 0.717) is 23.5 Å². The summed E-state index contributed by atoms with van der Waals surface area (Å²) < 4.78 is 33.6. The van der Waals surface area contributed by atoms with E-state index in [1.54, 1.807) is 24.3 Å². The maximum Gasteiger partial charge on any atom is 0.224 e. The van der Waals surface area contributed by atoms with Crippen LogP contribution in [0.2, 0.25) is 0 Å². The summed E-state index contributed by atoms with van der Waals surface area (Å²) in [7, 11) is 0. The van der Waals surface area contributed by atoms with Gasteiger partial charge in [-0.05, 0) is 35.4 Å². The molecule has 2 N–H and O–H groups in total. The zero-order valence-corrected chi connectivity index (χ0v) is 18.8. The van der Waals surface area contributed by atoms with E-state index in [4.69, 9.17) is 4.74 Å². The summed E-state index contributed by atoms with van der Waals surface area (Å²) in [5.41, 5.74) is 1.52. The van der Waals surface area contributed by atoms with Crippen molar-refractivity contribution in [1.82, 2.24) is 25.5 Å². The number of benzene rings is 2. The molecule has 0 bridgehead atoms. The number of piperazine rings is 1. The van der Waals surface area contributed by atoms with Gasteiger partial charge in [0, 0.05) is 57.7 Å². The summed E-state index contributed by atoms with van der Waals surface area (Å²) >= 11 is 0. The molecule has 3 aromatic rings. The highest BCUT2D eigenvalue weighted by Crippen LogP contribution is 2.23. The molecule has 0 unspecified atom stereocenters. The molecule has 2 aromatic carbocycles. The second kappa shape index (κ2) is 11.6. The van der Waals surface area contributed by atoms with Crippen molar-refractivity contribution < 1.29 is 18.3 Å². The summed E-state index contributed by atoms with van der Waals surface area (Å²) in [5, 5.41) is 6.04. The predicted molar refractivity (Wildman–Crippen MR) is 124 cm³/mol. The third-order valence-corrected chi connectivity index (χ3v) is 5.52. The quantitative estimate of drug-likeness (QED) is 0.504. The second-order valence-corrected chi connectivity index (χ2v) is 8.08. The van der Waals surface area contributed by atoms with Gasteiger partial charge in [-0.15, -0.1) is 0 Å². The van der Waals surface area contributed by atoms with Crippen molar-refractivity contribution in [2.24, 2.45) is 0 Å². The molecule has 7 nitrogen and oxygen atoms in total. The van der Waals surface area contributed by atoms with E-state index in [-0.39, 0.29) is 36.1 Å². The number of amides is 1. The molecule has 4 rings (SSSR count). The molecule has 0 saturated carbocycles. The maximum atomic E-state index is 14.6. The molecule has 1 fully saturated rings. The average Bonchev–Trinajstić information content (AvgIpc) is 2.84. The van der Waals surface area contributed by atoms with E-state index >= 15 is 0 Å². The molecule has 1 amide bonds. The van der Waals surface area contributed by atoms with Crippen LogP contribution in [0.5, 0.6) is 5.75 Å². The molecule has 1 aliphatic rings. The Hall–Kier alpha value is -3.43. The van der Waals surface area contributed by atoms with Gasteiger partial charge in [0.1, 0.15) is 24.0 Å². The Bertz CT molecular complexity index is 1100. The molecule has 1 aromatic heterocycles. The van der Waals surface area contributed by atoms with Crippen molar-refractivity contribution in [2.45, 2.75) is 13.0 Å². The first kappa shape index (κ1) is 23.7. The Kier molecular flexibility index (Phi) is 8.11. The highest BCUT2D eigenvalue weighted by atomic mass is 19.1. The van der Waals surface area contributed by atoms with Crippen LogP contribution in [0.4, 0.5) is 8.78 Å². The van der Waals surface area contributed by atoms with Crippen LogP contribution in [0.3, 0.4) is 0 Å². The van der Waals surface area contributed by atoms with Crippen LogP contribution in [0.25, 0.3) is 11.4 Å². The largest absolute Gasteiger partial charge is 0.492 e. The van der Waals surface area contributed by atoms with E-state index in [1.165, 1.54) is 30.6 Å². The predicted octanol–water partition coefficient (Wildman–Crippen LogP) is 2.56. The van der Waals surface area contributed by atoms with E-state index < -0.39 is 5.82 Å². The number of ether oxygens (including phenoxy) is 1. The van der Waals surface area contributed by atoms with E-state index in [9.17, 15) is 13.6 Å². The second-order valence-electron chi connectivity index (χ2n) is 8.08. The van der Waals surface area contributed by atoms with Crippen LogP contribution in [-0.4, -0.2) is 60.1 Å². The molecule has 0 atom stereocenters. The van der Waals surface area contributed by atoms with Gasteiger partial charge < -0.3 is 15.4 Å². The number of nitrogens with one attached hydrogen (secondary N) is 2. The lowest BCUT2D eigenvalue weighted by atomic mass is 10.1. The molecule has 1 aliphatic heterocycles. The van der Waals surface area contributed by atoms with Gasteiger partial charge in [0.05, 0.1) is 12.0 Å². The minimum Gasteiger partial charge on any atom is -0.492 e. The van der Waals surface area contributed by atoms with Crippen LogP contribution in [0, 0.1) is 11.6 Å². The Morgan fingerprint density at radius 3 is 2.59 bits per heavy atom. The fourth-order valence-corrected chi connectivity index (χ4v) is 3.67. The van der Waals surface area contributed by atoms with Crippen LogP contribution in [-0.2, 0) is 17.8 Å². The molecule has 1 saturated heterocycles. The van der Waals surface area contributed by atoms with Gasteiger partial charge in [0.25, 0.3) is 0 Å². The highest BCUT2D eigenvalue weighted by Gasteiger charge is 2.12. The van der Waals surface area contributed by atoms with Crippen molar-refractivity contribution >= 4 is 5.91 Å². The third kappa shape index (κ3) is 6.79. The van der Waals surface area contributed by atoms with Crippen molar-refractivity contribution in [1.29, 1.82) is 0 Å². The fraction of sp³-hybridized carbons (Fsp3) is 0.320. The van der Waals surface area contributed by atoms with Crippen molar-refractivity contribution in [3.05, 3.63) is 77.6 Å². The van der Waals surface area contributed by atoms with Crippen LogP contribution in [0.15, 0.2) is 54.9 Å².